The van der Waals surface area contributed by atoms with Gasteiger partial charge in [-0.15, -0.1) is 11.3 Å². The summed E-state index contributed by atoms with van der Waals surface area (Å²) in [6.45, 7) is 3.59. The molecule has 2 amide bonds. The van der Waals surface area contributed by atoms with Gasteiger partial charge in [-0.2, -0.15) is 0 Å². The summed E-state index contributed by atoms with van der Waals surface area (Å²) in [5.74, 6) is 1.62. The summed E-state index contributed by atoms with van der Waals surface area (Å²) in [6.07, 6.45) is 4.70. The van der Waals surface area contributed by atoms with Gasteiger partial charge in [-0.25, -0.2) is 9.78 Å². The first-order valence-corrected chi connectivity index (χ1v) is 9.61. The van der Waals surface area contributed by atoms with E-state index in [0.29, 0.717) is 19.1 Å². The molecule has 5 nitrogen and oxygen atoms in total. The summed E-state index contributed by atoms with van der Waals surface area (Å²) in [7, 11) is 0. The SMILES string of the molecule is CC1CCC(NC(=O)N2CC(Oc3cccc4scnc34)C2)CC1. The Bertz CT molecular complexity index is 718. The van der Waals surface area contributed by atoms with Crippen LogP contribution in [0.3, 0.4) is 0 Å². The number of aromatic nitrogens is 1. The van der Waals surface area contributed by atoms with E-state index in [9.17, 15) is 4.79 Å². The number of fused-ring (bicyclic) bond motifs is 1. The van der Waals surface area contributed by atoms with Crippen molar-refractivity contribution in [1.29, 1.82) is 0 Å². The molecular weight excluding hydrogens is 322 g/mol. The maximum atomic E-state index is 12.3. The monoisotopic (exact) mass is 345 g/mol. The van der Waals surface area contributed by atoms with Gasteiger partial charge < -0.3 is 15.0 Å². The molecule has 0 bridgehead atoms. The van der Waals surface area contributed by atoms with Gasteiger partial charge in [0.1, 0.15) is 17.4 Å². The van der Waals surface area contributed by atoms with E-state index in [1.165, 1.54) is 12.8 Å². The largest absolute Gasteiger partial charge is 0.484 e. The van der Waals surface area contributed by atoms with E-state index in [0.717, 1.165) is 34.7 Å². The van der Waals surface area contributed by atoms with Crippen LogP contribution in [0.1, 0.15) is 32.6 Å². The third-order valence-electron chi connectivity index (χ3n) is 5.10. The zero-order chi connectivity index (χ0) is 16.5. The molecular formula is C18H23N3O2S. The van der Waals surface area contributed by atoms with Crippen molar-refractivity contribution in [3.63, 3.8) is 0 Å². The van der Waals surface area contributed by atoms with Crippen molar-refractivity contribution in [3.05, 3.63) is 23.7 Å². The van der Waals surface area contributed by atoms with E-state index in [2.05, 4.69) is 17.2 Å². The molecule has 4 rings (SSSR count). The number of thiazole rings is 1. The van der Waals surface area contributed by atoms with Crippen LogP contribution in [-0.2, 0) is 0 Å². The fraction of sp³-hybridized carbons (Fsp3) is 0.556. The van der Waals surface area contributed by atoms with E-state index in [-0.39, 0.29) is 12.1 Å². The van der Waals surface area contributed by atoms with Crippen LogP contribution in [0, 0.1) is 5.92 Å². The molecule has 1 saturated heterocycles. The average molecular weight is 345 g/mol. The van der Waals surface area contributed by atoms with E-state index in [4.69, 9.17) is 4.74 Å². The first kappa shape index (κ1) is 15.7. The molecule has 24 heavy (non-hydrogen) atoms. The fourth-order valence-corrected chi connectivity index (χ4v) is 4.18. The van der Waals surface area contributed by atoms with Gasteiger partial charge >= 0.3 is 6.03 Å². The maximum Gasteiger partial charge on any atom is 0.317 e. The van der Waals surface area contributed by atoms with Gasteiger partial charge in [0.25, 0.3) is 0 Å². The lowest BCUT2D eigenvalue weighted by molar-refractivity contribution is 0.0436. The Kier molecular flexibility index (Phi) is 4.31. The summed E-state index contributed by atoms with van der Waals surface area (Å²) in [5.41, 5.74) is 2.75. The molecule has 2 fully saturated rings. The molecule has 1 aromatic heterocycles. The number of para-hydroxylation sites is 1. The smallest absolute Gasteiger partial charge is 0.317 e. The van der Waals surface area contributed by atoms with Gasteiger partial charge in [-0.05, 0) is 43.7 Å². The average Bonchev–Trinajstić information content (AvgIpc) is 3.02. The van der Waals surface area contributed by atoms with Crippen LogP contribution in [0.15, 0.2) is 23.7 Å². The molecule has 0 radical (unpaired) electrons. The molecule has 6 heteroatoms. The second-order valence-electron chi connectivity index (χ2n) is 7.01. The predicted octanol–water partition coefficient (Wildman–Crippen LogP) is 3.65. The Balaban J connectivity index is 1.27. The number of rotatable bonds is 3. The summed E-state index contributed by atoms with van der Waals surface area (Å²) in [5, 5.41) is 3.17. The predicted molar refractivity (Wildman–Crippen MR) is 95.6 cm³/mol. The molecule has 0 spiro atoms. The Hall–Kier alpha value is -1.82. The molecule has 2 aliphatic rings. The number of hydrogen-bond donors (Lipinski definition) is 1. The van der Waals surface area contributed by atoms with Crippen molar-refractivity contribution < 1.29 is 9.53 Å². The number of nitrogens with one attached hydrogen (secondary N) is 1. The highest BCUT2D eigenvalue weighted by Crippen LogP contribution is 2.29. The Morgan fingerprint density at radius 3 is 2.88 bits per heavy atom. The normalized spacial score (nSPS) is 24.6. The van der Waals surface area contributed by atoms with Gasteiger partial charge in [0.2, 0.25) is 0 Å². The van der Waals surface area contributed by atoms with Crippen LogP contribution < -0.4 is 10.1 Å². The number of nitrogens with zero attached hydrogens (tertiary/aromatic N) is 2. The van der Waals surface area contributed by atoms with Crippen molar-refractivity contribution in [2.45, 2.75) is 44.8 Å². The lowest BCUT2D eigenvalue weighted by Gasteiger charge is -2.40. The molecule has 1 N–H and O–H groups in total. The lowest BCUT2D eigenvalue weighted by Crippen LogP contribution is -2.60. The van der Waals surface area contributed by atoms with Crippen molar-refractivity contribution in [2.24, 2.45) is 5.92 Å². The van der Waals surface area contributed by atoms with Crippen LogP contribution in [0.4, 0.5) is 4.79 Å². The molecule has 0 unspecified atom stereocenters. The minimum absolute atomic E-state index is 0.0567. The van der Waals surface area contributed by atoms with Crippen LogP contribution in [-0.4, -0.2) is 41.2 Å². The molecule has 1 saturated carbocycles. The highest BCUT2D eigenvalue weighted by molar-refractivity contribution is 7.16. The third kappa shape index (κ3) is 3.20. The zero-order valence-electron chi connectivity index (χ0n) is 13.9. The number of amides is 2. The van der Waals surface area contributed by atoms with Gasteiger partial charge in [0.15, 0.2) is 0 Å². The van der Waals surface area contributed by atoms with E-state index in [1.807, 2.05) is 28.6 Å². The van der Waals surface area contributed by atoms with Gasteiger partial charge in [0, 0.05) is 6.04 Å². The molecule has 0 atom stereocenters. The summed E-state index contributed by atoms with van der Waals surface area (Å²) >= 11 is 1.61. The molecule has 2 aromatic rings. The van der Waals surface area contributed by atoms with E-state index < -0.39 is 0 Å². The molecule has 2 heterocycles. The van der Waals surface area contributed by atoms with Gasteiger partial charge in [0.05, 0.1) is 23.3 Å². The second-order valence-corrected chi connectivity index (χ2v) is 7.89. The van der Waals surface area contributed by atoms with Crippen molar-refractivity contribution >= 4 is 27.6 Å². The third-order valence-corrected chi connectivity index (χ3v) is 5.89. The molecule has 1 aliphatic heterocycles. The molecule has 1 aliphatic carbocycles. The van der Waals surface area contributed by atoms with Crippen LogP contribution in [0.5, 0.6) is 5.75 Å². The first-order valence-electron chi connectivity index (χ1n) is 8.73. The number of likely N-dealkylation sites (tertiary alicyclic amines) is 1. The number of ether oxygens (including phenoxy) is 1. The number of carbonyl (C=O) groups excluding carboxylic acids is 1. The maximum absolute atomic E-state index is 12.3. The van der Waals surface area contributed by atoms with Crippen LogP contribution in [0.2, 0.25) is 0 Å². The lowest BCUT2D eigenvalue weighted by atomic mass is 9.87. The van der Waals surface area contributed by atoms with Crippen molar-refractivity contribution in [2.75, 3.05) is 13.1 Å². The van der Waals surface area contributed by atoms with Gasteiger partial charge in [-0.1, -0.05) is 13.0 Å². The quantitative estimate of drug-likeness (QED) is 0.924. The summed E-state index contributed by atoms with van der Waals surface area (Å²) < 4.78 is 7.16. The minimum Gasteiger partial charge on any atom is -0.484 e. The summed E-state index contributed by atoms with van der Waals surface area (Å²) in [4.78, 5) is 18.5. The van der Waals surface area contributed by atoms with E-state index >= 15 is 0 Å². The minimum atomic E-state index is 0.0567. The molecule has 1 aromatic carbocycles. The second kappa shape index (κ2) is 6.59. The molecule has 128 valence electrons. The standard InChI is InChI=1S/C18H23N3O2S/c1-12-5-7-13(8-6-12)20-18(22)21-9-14(10-21)23-15-3-2-4-16-17(15)19-11-24-16/h2-4,11-14H,5-10H2,1H3,(H,20,22). The van der Waals surface area contributed by atoms with Crippen molar-refractivity contribution in [1.82, 2.24) is 15.2 Å². The number of hydrogen-bond acceptors (Lipinski definition) is 4. The zero-order valence-corrected chi connectivity index (χ0v) is 14.7. The Labute approximate surface area is 146 Å². The van der Waals surface area contributed by atoms with Crippen LogP contribution in [0.25, 0.3) is 10.2 Å². The fourth-order valence-electron chi connectivity index (χ4n) is 3.48. The number of urea groups is 1. The number of carbonyl (C=O) groups is 1. The first-order chi connectivity index (χ1) is 11.7. The summed E-state index contributed by atoms with van der Waals surface area (Å²) in [6, 6.07) is 6.39. The van der Waals surface area contributed by atoms with E-state index in [1.54, 1.807) is 11.3 Å². The van der Waals surface area contributed by atoms with Crippen LogP contribution >= 0.6 is 11.3 Å². The van der Waals surface area contributed by atoms with Gasteiger partial charge in [-0.3, -0.25) is 0 Å². The highest BCUT2D eigenvalue weighted by atomic mass is 32.1. The Morgan fingerprint density at radius 2 is 2.08 bits per heavy atom. The topological polar surface area (TPSA) is 54.5 Å². The number of benzene rings is 1. The Morgan fingerprint density at radius 1 is 1.29 bits per heavy atom. The highest BCUT2D eigenvalue weighted by Gasteiger charge is 2.34. The van der Waals surface area contributed by atoms with Crippen molar-refractivity contribution in [3.8, 4) is 5.75 Å².